The van der Waals surface area contributed by atoms with Crippen LogP contribution in [0, 0.1) is 0 Å². The number of rotatable bonds is 5. The summed E-state index contributed by atoms with van der Waals surface area (Å²) in [5, 5.41) is 2.50. The maximum Gasteiger partial charge on any atom is 0.305 e. The van der Waals surface area contributed by atoms with Crippen molar-refractivity contribution in [3.8, 4) is 0 Å². The Hall–Kier alpha value is -3.35. The number of nitrogens with one attached hydrogen (secondary N) is 3. The Bertz CT molecular complexity index is 724. The molecule has 7 heteroatoms. The molecule has 3 N–H and O–H groups in total. The van der Waals surface area contributed by atoms with Gasteiger partial charge in [-0.25, -0.2) is 0 Å². The Morgan fingerprint density at radius 3 is 2.46 bits per heavy atom. The van der Waals surface area contributed by atoms with Gasteiger partial charge in [0.05, 0.1) is 6.26 Å². The lowest BCUT2D eigenvalue weighted by atomic mass is 10.2. The van der Waals surface area contributed by atoms with Crippen molar-refractivity contribution >= 4 is 23.8 Å². The predicted molar refractivity (Wildman–Crippen MR) is 87.4 cm³/mol. The molecular weight excluding hydrogens is 310 g/mol. The molecule has 1 aromatic carbocycles. The SMILES string of the molecule is C[C@H](NC(=O)/C=C/c1ccccc1)C(=O)NNC(=O)c1ccco1. The van der Waals surface area contributed by atoms with E-state index in [0.717, 1.165) is 5.56 Å². The van der Waals surface area contributed by atoms with E-state index in [1.807, 2.05) is 30.3 Å². The third-order valence-electron chi connectivity index (χ3n) is 3.02. The second-order valence-electron chi connectivity index (χ2n) is 4.89. The number of benzene rings is 1. The lowest BCUT2D eigenvalue weighted by Gasteiger charge is -2.13. The molecule has 0 saturated carbocycles. The van der Waals surface area contributed by atoms with Gasteiger partial charge in [0, 0.05) is 6.08 Å². The Morgan fingerprint density at radius 1 is 1.04 bits per heavy atom. The minimum atomic E-state index is -0.824. The molecule has 0 aliphatic heterocycles. The van der Waals surface area contributed by atoms with Crippen LogP contribution in [0.1, 0.15) is 23.0 Å². The number of hydrogen-bond donors (Lipinski definition) is 3. The summed E-state index contributed by atoms with van der Waals surface area (Å²) in [4.78, 5) is 35.2. The van der Waals surface area contributed by atoms with Gasteiger partial charge in [-0.2, -0.15) is 0 Å². The molecule has 2 aromatic rings. The summed E-state index contributed by atoms with van der Waals surface area (Å²) in [6.07, 6.45) is 4.32. The zero-order chi connectivity index (χ0) is 17.4. The molecule has 1 atom stereocenters. The van der Waals surface area contributed by atoms with Gasteiger partial charge < -0.3 is 9.73 Å². The van der Waals surface area contributed by atoms with Crippen molar-refractivity contribution < 1.29 is 18.8 Å². The fraction of sp³-hybridized carbons (Fsp3) is 0.118. The average Bonchev–Trinajstić information content (AvgIpc) is 3.13. The first-order chi connectivity index (χ1) is 11.6. The molecule has 0 aliphatic carbocycles. The van der Waals surface area contributed by atoms with Gasteiger partial charge in [0.15, 0.2) is 5.76 Å². The van der Waals surface area contributed by atoms with Crippen molar-refractivity contribution in [2.75, 3.05) is 0 Å². The van der Waals surface area contributed by atoms with Crippen LogP contribution in [0.4, 0.5) is 0 Å². The number of hydrazine groups is 1. The summed E-state index contributed by atoms with van der Waals surface area (Å²) in [5.74, 6) is -1.50. The topological polar surface area (TPSA) is 100 Å². The fourth-order valence-corrected chi connectivity index (χ4v) is 1.76. The summed E-state index contributed by atoms with van der Waals surface area (Å²) in [6, 6.07) is 11.5. The highest BCUT2D eigenvalue weighted by molar-refractivity contribution is 5.96. The van der Waals surface area contributed by atoms with Gasteiger partial charge in [-0.15, -0.1) is 0 Å². The van der Waals surface area contributed by atoms with E-state index in [0.29, 0.717) is 0 Å². The molecule has 0 unspecified atom stereocenters. The Balaban J connectivity index is 1.77. The first-order valence-corrected chi connectivity index (χ1v) is 7.23. The zero-order valence-electron chi connectivity index (χ0n) is 13.0. The summed E-state index contributed by atoms with van der Waals surface area (Å²) >= 11 is 0. The number of carbonyl (C=O) groups is 3. The smallest absolute Gasteiger partial charge is 0.305 e. The molecule has 0 aliphatic rings. The molecule has 1 aromatic heterocycles. The van der Waals surface area contributed by atoms with Gasteiger partial charge in [-0.3, -0.25) is 25.2 Å². The van der Waals surface area contributed by atoms with E-state index >= 15 is 0 Å². The third-order valence-corrected chi connectivity index (χ3v) is 3.02. The highest BCUT2D eigenvalue weighted by Gasteiger charge is 2.16. The molecule has 7 nitrogen and oxygen atoms in total. The average molecular weight is 327 g/mol. The quantitative estimate of drug-likeness (QED) is 0.568. The fourth-order valence-electron chi connectivity index (χ4n) is 1.76. The molecule has 3 amide bonds. The molecule has 1 heterocycles. The maximum absolute atomic E-state index is 11.8. The van der Waals surface area contributed by atoms with E-state index in [1.165, 1.54) is 25.3 Å². The Labute approximate surface area is 138 Å². The molecule has 0 saturated heterocycles. The standard InChI is InChI=1S/C17H17N3O4/c1-12(16(22)19-20-17(23)14-8-5-11-24-14)18-15(21)10-9-13-6-3-2-4-7-13/h2-12H,1H3,(H,18,21)(H,19,22)(H,20,23)/b10-9+/t12-/m0/s1. The van der Waals surface area contributed by atoms with Gasteiger partial charge in [0.25, 0.3) is 5.91 Å². The van der Waals surface area contributed by atoms with Crippen molar-refractivity contribution in [1.82, 2.24) is 16.2 Å². The van der Waals surface area contributed by atoms with Crippen LogP contribution >= 0.6 is 0 Å². The summed E-state index contributed by atoms with van der Waals surface area (Å²) in [6.45, 7) is 1.50. The third kappa shape index (κ3) is 5.13. The van der Waals surface area contributed by atoms with Crippen LogP contribution < -0.4 is 16.2 Å². The van der Waals surface area contributed by atoms with Crippen molar-refractivity contribution in [2.45, 2.75) is 13.0 Å². The van der Waals surface area contributed by atoms with Crippen LogP contribution in [0.25, 0.3) is 6.08 Å². The minimum absolute atomic E-state index is 0.0674. The predicted octanol–water partition coefficient (Wildman–Crippen LogP) is 1.26. The Morgan fingerprint density at radius 2 is 1.79 bits per heavy atom. The molecule has 0 bridgehead atoms. The Kier molecular flexibility index (Phi) is 5.90. The largest absolute Gasteiger partial charge is 0.459 e. The van der Waals surface area contributed by atoms with E-state index in [9.17, 15) is 14.4 Å². The van der Waals surface area contributed by atoms with Crippen molar-refractivity contribution in [1.29, 1.82) is 0 Å². The van der Waals surface area contributed by atoms with Crippen LogP contribution in [-0.4, -0.2) is 23.8 Å². The molecule has 2 rings (SSSR count). The van der Waals surface area contributed by atoms with Crippen molar-refractivity contribution in [3.63, 3.8) is 0 Å². The number of amides is 3. The van der Waals surface area contributed by atoms with Crippen molar-refractivity contribution in [3.05, 3.63) is 66.1 Å². The van der Waals surface area contributed by atoms with Crippen molar-refractivity contribution in [2.24, 2.45) is 0 Å². The molecule has 0 radical (unpaired) electrons. The van der Waals surface area contributed by atoms with Gasteiger partial charge >= 0.3 is 5.91 Å². The van der Waals surface area contributed by atoms with E-state index in [-0.39, 0.29) is 5.76 Å². The normalized spacial score (nSPS) is 11.7. The van der Waals surface area contributed by atoms with Crippen LogP contribution in [0.2, 0.25) is 0 Å². The summed E-state index contributed by atoms with van der Waals surface area (Å²) in [5.41, 5.74) is 5.28. The second kappa shape index (κ2) is 8.33. The number of furan rings is 1. The van der Waals surface area contributed by atoms with E-state index in [4.69, 9.17) is 4.42 Å². The van der Waals surface area contributed by atoms with Gasteiger partial charge in [0.1, 0.15) is 6.04 Å². The number of hydrogen-bond acceptors (Lipinski definition) is 4. The maximum atomic E-state index is 11.8. The van der Waals surface area contributed by atoms with Crippen LogP contribution in [0.3, 0.4) is 0 Å². The molecule has 0 fully saturated rings. The second-order valence-corrected chi connectivity index (χ2v) is 4.89. The number of carbonyl (C=O) groups excluding carboxylic acids is 3. The minimum Gasteiger partial charge on any atom is -0.459 e. The van der Waals surface area contributed by atoms with E-state index < -0.39 is 23.8 Å². The monoisotopic (exact) mass is 327 g/mol. The van der Waals surface area contributed by atoms with Gasteiger partial charge in [0.2, 0.25) is 5.91 Å². The van der Waals surface area contributed by atoms with Crippen LogP contribution in [0.15, 0.2) is 59.2 Å². The van der Waals surface area contributed by atoms with Gasteiger partial charge in [-0.1, -0.05) is 30.3 Å². The highest BCUT2D eigenvalue weighted by Crippen LogP contribution is 2.00. The lowest BCUT2D eigenvalue weighted by molar-refractivity contribution is -0.127. The molecular formula is C17H17N3O4. The van der Waals surface area contributed by atoms with Gasteiger partial charge in [-0.05, 0) is 30.7 Å². The van der Waals surface area contributed by atoms with E-state index in [1.54, 1.807) is 12.1 Å². The lowest BCUT2D eigenvalue weighted by Crippen LogP contribution is -2.50. The molecule has 124 valence electrons. The first-order valence-electron chi connectivity index (χ1n) is 7.23. The first kappa shape index (κ1) is 17.0. The van der Waals surface area contributed by atoms with Crippen LogP contribution in [-0.2, 0) is 9.59 Å². The van der Waals surface area contributed by atoms with E-state index in [2.05, 4.69) is 16.2 Å². The molecule has 24 heavy (non-hydrogen) atoms. The summed E-state index contributed by atoms with van der Waals surface area (Å²) in [7, 11) is 0. The summed E-state index contributed by atoms with van der Waals surface area (Å²) < 4.78 is 4.88. The zero-order valence-corrected chi connectivity index (χ0v) is 13.0. The molecule has 0 spiro atoms. The van der Waals surface area contributed by atoms with Crippen LogP contribution in [0.5, 0.6) is 0 Å². The highest BCUT2D eigenvalue weighted by atomic mass is 16.3.